The molecule has 0 aliphatic heterocycles. The molecule has 0 saturated heterocycles. The number of alkyl halides is 1. The molecule has 0 aromatic rings. The van der Waals surface area contributed by atoms with Crippen molar-refractivity contribution < 1.29 is 0 Å². The first kappa shape index (κ1) is 39.4. The van der Waals surface area contributed by atoms with Gasteiger partial charge in [0.15, 0.2) is 0 Å². The second kappa shape index (κ2) is 22.9. The maximum absolute atomic E-state index is 4.21. The van der Waals surface area contributed by atoms with Gasteiger partial charge in [-0.2, -0.15) is 0 Å². The minimum absolute atomic E-state index is 0.0310. The summed E-state index contributed by atoms with van der Waals surface area (Å²) in [6.07, 6.45) is 32.9. The highest BCUT2D eigenvalue weighted by atomic mass is 79.9. The number of halogens is 1. The van der Waals surface area contributed by atoms with Crippen molar-refractivity contribution in [3.63, 3.8) is 0 Å². The first-order valence-electron chi connectivity index (χ1n) is 16.1. The lowest BCUT2D eigenvalue weighted by Crippen LogP contribution is -2.16. The number of hydrogen-bond donors (Lipinski definition) is 0. The minimum Gasteiger partial charge on any atom is -0.0856 e. The summed E-state index contributed by atoms with van der Waals surface area (Å²) in [5, 5.41) is 0. The predicted octanol–water partition coefficient (Wildman–Crippen LogP) is 14.4. The van der Waals surface area contributed by atoms with E-state index < -0.39 is 0 Å². The zero-order valence-corrected chi connectivity index (χ0v) is 30.6. The minimum atomic E-state index is -0.0310. The summed E-state index contributed by atoms with van der Waals surface area (Å²) in [6, 6.07) is 0. The van der Waals surface area contributed by atoms with E-state index in [0.29, 0.717) is 0 Å². The average molecular weight is 626 g/mol. The third kappa shape index (κ3) is 24.7. The van der Waals surface area contributed by atoms with Gasteiger partial charge in [0.05, 0.1) is 4.32 Å². The molecule has 0 heterocycles. The van der Waals surface area contributed by atoms with E-state index in [1.54, 1.807) is 0 Å². The Balaban J connectivity index is 5.32. The van der Waals surface area contributed by atoms with Gasteiger partial charge in [0.2, 0.25) is 0 Å². The van der Waals surface area contributed by atoms with Crippen LogP contribution in [-0.2, 0) is 0 Å². The molecule has 0 aliphatic rings. The number of rotatable bonds is 20. The van der Waals surface area contributed by atoms with Crippen molar-refractivity contribution in [1.29, 1.82) is 0 Å². The first-order chi connectivity index (χ1) is 19.2. The van der Waals surface area contributed by atoms with E-state index in [2.05, 4.69) is 141 Å². The maximum atomic E-state index is 4.21. The van der Waals surface area contributed by atoms with Crippen molar-refractivity contribution in [2.45, 2.75) is 158 Å². The van der Waals surface area contributed by atoms with Crippen molar-refractivity contribution in [1.82, 2.24) is 0 Å². The van der Waals surface area contributed by atoms with Crippen molar-refractivity contribution >= 4 is 15.9 Å². The van der Waals surface area contributed by atoms with Gasteiger partial charge >= 0.3 is 0 Å². The van der Waals surface area contributed by atoms with Gasteiger partial charge in [-0.05, 0) is 153 Å². The fourth-order valence-corrected chi connectivity index (χ4v) is 5.38. The van der Waals surface area contributed by atoms with E-state index in [-0.39, 0.29) is 4.32 Å². The van der Waals surface area contributed by atoms with Crippen LogP contribution in [0.5, 0.6) is 0 Å². The van der Waals surface area contributed by atoms with Gasteiger partial charge in [-0.1, -0.05) is 109 Å². The Morgan fingerprint density at radius 1 is 0.390 bits per heavy atom. The van der Waals surface area contributed by atoms with Crippen LogP contribution >= 0.6 is 15.9 Å². The number of hydrogen-bond acceptors (Lipinski definition) is 0. The third-order valence-electron chi connectivity index (χ3n) is 7.42. The molecule has 0 spiro atoms. The molecule has 1 heteroatoms. The summed E-state index contributed by atoms with van der Waals surface area (Å²) < 4.78 is -0.0310. The lowest BCUT2D eigenvalue weighted by atomic mass is 9.93. The van der Waals surface area contributed by atoms with Crippen LogP contribution in [0.1, 0.15) is 153 Å². The normalized spacial score (nSPS) is 15.0. The summed E-state index contributed by atoms with van der Waals surface area (Å²) in [6.45, 7) is 24.6. The largest absolute Gasteiger partial charge is 0.0856 e. The Morgan fingerprint density at radius 3 is 0.976 bits per heavy atom. The van der Waals surface area contributed by atoms with Crippen LogP contribution in [0.4, 0.5) is 0 Å². The molecule has 0 aromatic carbocycles. The molecule has 0 unspecified atom stereocenters. The monoisotopic (exact) mass is 624 g/mol. The standard InChI is InChI=1S/C40H65Br/c1-32(2)17-12-20-35(7)22-15-24-37(9)27-29-40(41,31-39(11)26-14-19-34(5)6)30-28-38(10)25-16-23-36(8)21-13-18-33(3)4/h17-19,22-23,27-28,31H,12-16,20-21,24-26,29-30H2,1-11H3. The Labute approximate surface area is 265 Å². The van der Waals surface area contributed by atoms with Crippen molar-refractivity contribution in [2.75, 3.05) is 0 Å². The van der Waals surface area contributed by atoms with Gasteiger partial charge < -0.3 is 0 Å². The van der Waals surface area contributed by atoms with Crippen LogP contribution in [0, 0.1) is 0 Å². The van der Waals surface area contributed by atoms with Crippen molar-refractivity contribution in [3.05, 3.63) is 93.2 Å². The van der Waals surface area contributed by atoms with E-state index in [4.69, 9.17) is 0 Å². The smallest absolute Gasteiger partial charge is 0.0508 e. The summed E-state index contributed by atoms with van der Waals surface area (Å²) in [7, 11) is 0. The Bertz CT molecular complexity index is 927. The average Bonchev–Trinajstić information content (AvgIpc) is 2.85. The predicted molar refractivity (Wildman–Crippen MR) is 194 cm³/mol. The van der Waals surface area contributed by atoms with Gasteiger partial charge in [0.1, 0.15) is 0 Å². The van der Waals surface area contributed by atoms with E-state index in [0.717, 1.165) is 64.2 Å². The Hall–Kier alpha value is -1.60. The summed E-state index contributed by atoms with van der Waals surface area (Å²) in [5.74, 6) is 0. The fourth-order valence-electron chi connectivity index (χ4n) is 4.67. The van der Waals surface area contributed by atoms with Crippen molar-refractivity contribution in [3.8, 4) is 0 Å². The zero-order valence-electron chi connectivity index (χ0n) is 29.0. The molecule has 0 nitrogen and oxygen atoms in total. The SMILES string of the molecule is CC(C)=CCCC(C)=CCCC(C)=CCC(Br)(C=C(C)CCC=C(C)C)CC=C(C)CCC=C(C)CCC=C(C)C. The van der Waals surface area contributed by atoms with Crippen LogP contribution < -0.4 is 0 Å². The molecule has 232 valence electrons. The molecule has 0 fully saturated rings. The zero-order chi connectivity index (χ0) is 31.3. The summed E-state index contributed by atoms with van der Waals surface area (Å²) in [5.41, 5.74) is 11.7. The lowest BCUT2D eigenvalue weighted by Gasteiger charge is -2.23. The van der Waals surface area contributed by atoms with Crippen molar-refractivity contribution in [2.24, 2.45) is 0 Å². The molecule has 0 aliphatic carbocycles. The van der Waals surface area contributed by atoms with Crippen LogP contribution in [0.15, 0.2) is 93.2 Å². The lowest BCUT2D eigenvalue weighted by molar-refractivity contribution is 0.725. The van der Waals surface area contributed by atoms with Gasteiger partial charge in [-0.15, -0.1) is 0 Å². The Kier molecular flexibility index (Phi) is 22.0. The molecule has 0 saturated carbocycles. The van der Waals surface area contributed by atoms with Crippen LogP contribution in [0.3, 0.4) is 0 Å². The topological polar surface area (TPSA) is 0 Å². The van der Waals surface area contributed by atoms with E-state index >= 15 is 0 Å². The van der Waals surface area contributed by atoms with E-state index in [1.165, 1.54) is 57.4 Å². The Morgan fingerprint density at radius 2 is 0.659 bits per heavy atom. The molecule has 0 aromatic heterocycles. The van der Waals surface area contributed by atoms with Crippen LogP contribution in [0.25, 0.3) is 0 Å². The van der Waals surface area contributed by atoms with Gasteiger partial charge in [0, 0.05) is 0 Å². The molecule has 0 bridgehead atoms. The number of allylic oxidation sites excluding steroid dienone is 16. The first-order valence-corrected chi connectivity index (χ1v) is 16.9. The molecule has 0 N–H and O–H groups in total. The van der Waals surface area contributed by atoms with Crippen LogP contribution in [0.2, 0.25) is 0 Å². The molecular formula is C40H65Br. The highest BCUT2D eigenvalue weighted by Gasteiger charge is 2.22. The second-order valence-electron chi connectivity index (χ2n) is 13.2. The quantitative estimate of drug-likeness (QED) is 0.0933. The molecule has 0 radical (unpaired) electrons. The summed E-state index contributed by atoms with van der Waals surface area (Å²) in [4.78, 5) is 0. The molecule has 0 rings (SSSR count). The van der Waals surface area contributed by atoms with E-state index in [9.17, 15) is 0 Å². The van der Waals surface area contributed by atoms with Gasteiger partial charge in [-0.3, -0.25) is 0 Å². The van der Waals surface area contributed by atoms with Crippen LogP contribution in [-0.4, -0.2) is 4.32 Å². The van der Waals surface area contributed by atoms with Gasteiger partial charge in [-0.25, -0.2) is 0 Å². The second-order valence-corrected chi connectivity index (χ2v) is 14.8. The highest BCUT2D eigenvalue weighted by Crippen LogP contribution is 2.33. The molecule has 0 amide bonds. The third-order valence-corrected chi connectivity index (χ3v) is 8.30. The highest BCUT2D eigenvalue weighted by molar-refractivity contribution is 9.10. The maximum Gasteiger partial charge on any atom is 0.0508 e. The molecule has 0 atom stereocenters. The van der Waals surface area contributed by atoms with E-state index in [1.807, 2.05) is 0 Å². The van der Waals surface area contributed by atoms with Gasteiger partial charge in [0.25, 0.3) is 0 Å². The fraction of sp³-hybridized carbons (Fsp3) is 0.600. The molecule has 41 heavy (non-hydrogen) atoms. The molecular weight excluding hydrogens is 560 g/mol. The summed E-state index contributed by atoms with van der Waals surface area (Å²) >= 11 is 4.21.